The molecule has 0 spiro atoms. The quantitative estimate of drug-likeness (QED) is 0.810. The van der Waals surface area contributed by atoms with Gasteiger partial charge in [0.15, 0.2) is 17.6 Å². The van der Waals surface area contributed by atoms with Gasteiger partial charge in [0.1, 0.15) is 5.75 Å². The maximum absolute atomic E-state index is 12.6. The predicted octanol–water partition coefficient (Wildman–Crippen LogP) is 3.55. The molecule has 0 aromatic heterocycles. The lowest BCUT2D eigenvalue weighted by Crippen LogP contribution is -2.24. The summed E-state index contributed by atoms with van der Waals surface area (Å²) in [7, 11) is 0. The minimum atomic E-state index is -0.546. The Morgan fingerprint density at radius 3 is 2.78 bits per heavy atom. The number of carbonyl (C=O) groups excluding carboxylic acids is 1. The third-order valence-corrected chi connectivity index (χ3v) is 4.41. The van der Waals surface area contributed by atoms with E-state index in [-0.39, 0.29) is 12.6 Å². The van der Waals surface area contributed by atoms with Crippen molar-refractivity contribution >= 4 is 5.78 Å². The van der Waals surface area contributed by atoms with Gasteiger partial charge in [0.25, 0.3) is 0 Å². The third kappa shape index (κ3) is 2.65. The second kappa shape index (κ2) is 5.61. The second-order valence-corrected chi connectivity index (χ2v) is 5.98. The molecule has 23 heavy (non-hydrogen) atoms. The van der Waals surface area contributed by atoms with Crippen molar-refractivity contribution in [1.82, 2.24) is 0 Å². The van der Waals surface area contributed by atoms with Gasteiger partial charge in [-0.15, -0.1) is 0 Å². The smallest absolute Gasteiger partial charge is 0.231 e. The van der Waals surface area contributed by atoms with Gasteiger partial charge in [-0.2, -0.15) is 0 Å². The molecule has 118 valence electrons. The van der Waals surface area contributed by atoms with Crippen molar-refractivity contribution in [2.45, 2.75) is 32.3 Å². The fourth-order valence-corrected chi connectivity index (χ4v) is 3.17. The summed E-state index contributed by atoms with van der Waals surface area (Å²) in [6.07, 6.45) is 2.81. The lowest BCUT2D eigenvalue weighted by Gasteiger charge is -2.14. The van der Waals surface area contributed by atoms with Gasteiger partial charge in [-0.25, -0.2) is 0 Å². The number of rotatable bonds is 4. The highest BCUT2D eigenvalue weighted by Crippen LogP contribution is 2.35. The maximum Gasteiger partial charge on any atom is 0.231 e. The number of benzene rings is 2. The standard InChI is InChI=1S/C19H18O4/c1-12(23-16-7-8-17-18(10-16)22-11-21-17)19(20)15-6-5-13-3-2-4-14(13)9-15/h5-10,12H,2-4,11H2,1H3/t12-/m0/s1. The molecule has 0 radical (unpaired) electrons. The van der Waals surface area contributed by atoms with Gasteiger partial charge in [0.2, 0.25) is 12.6 Å². The molecular weight excluding hydrogens is 292 g/mol. The van der Waals surface area contributed by atoms with Crippen molar-refractivity contribution in [3.63, 3.8) is 0 Å². The monoisotopic (exact) mass is 310 g/mol. The van der Waals surface area contributed by atoms with Gasteiger partial charge in [0.05, 0.1) is 0 Å². The Labute approximate surface area is 135 Å². The number of hydrogen-bond donors (Lipinski definition) is 0. The number of ketones is 1. The molecule has 4 heteroatoms. The first kappa shape index (κ1) is 14.1. The molecule has 4 rings (SSSR count). The van der Waals surface area contributed by atoms with Crippen LogP contribution in [0, 0.1) is 0 Å². The summed E-state index contributed by atoms with van der Waals surface area (Å²) in [6.45, 7) is 2.00. The van der Waals surface area contributed by atoms with E-state index in [1.165, 1.54) is 17.5 Å². The molecule has 0 fully saturated rings. The topological polar surface area (TPSA) is 44.8 Å². The number of ether oxygens (including phenoxy) is 3. The van der Waals surface area contributed by atoms with Crippen molar-refractivity contribution in [3.05, 3.63) is 53.1 Å². The van der Waals surface area contributed by atoms with Gasteiger partial charge in [-0.1, -0.05) is 12.1 Å². The van der Waals surface area contributed by atoms with Gasteiger partial charge in [-0.05, 0) is 55.5 Å². The molecule has 1 heterocycles. The minimum absolute atomic E-state index is 0.00244. The Morgan fingerprint density at radius 1 is 1.04 bits per heavy atom. The first-order valence-electron chi connectivity index (χ1n) is 7.93. The fourth-order valence-electron chi connectivity index (χ4n) is 3.17. The van der Waals surface area contributed by atoms with Crippen molar-refractivity contribution < 1.29 is 19.0 Å². The second-order valence-electron chi connectivity index (χ2n) is 5.98. The summed E-state index contributed by atoms with van der Waals surface area (Å²) in [6, 6.07) is 11.3. The van der Waals surface area contributed by atoms with Crippen molar-refractivity contribution in [1.29, 1.82) is 0 Å². The summed E-state index contributed by atoms with van der Waals surface area (Å²) in [5.74, 6) is 1.96. The zero-order valence-corrected chi connectivity index (χ0v) is 13.0. The Kier molecular flexibility index (Phi) is 3.45. The Balaban J connectivity index is 1.50. The molecule has 2 aromatic carbocycles. The van der Waals surface area contributed by atoms with Crippen LogP contribution in [-0.4, -0.2) is 18.7 Å². The van der Waals surface area contributed by atoms with Gasteiger partial charge in [0, 0.05) is 11.6 Å². The van der Waals surface area contributed by atoms with Crippen LogP contribution in [0.3, 0.4) is 0 Å². The van der Waals surface area contributed by atoms with Crippen LogP contribution in [0.15, 0.2) is 36.4 Å². The molecule has 4 nitrogen and oxygen atoms in total. The third-order valence-electron chi connectivity index (χ3n) is 4.41. The molecule has 0 saturated heterocycles. The van der Waals surface area contributed by atoms with Gasteiger partial charge >= 0.3 is 0 Å². The van der Waals surface area contributed by atoms with Crippen LogP contribution in [0.2, 0.25) is 0 Å². The van der Waals surface area contributed by atoms with E-state index in [1.54, 1.807) is 25.1 Å². The van der Waals surface area contributed by atoms with E-state index < -0.39 is 6.10 Å². The Hall–Kier alpha value is -2.49. The molecular formula is C19H18O4. The number of fused-ring (bicyclic) bond motifs is 2. The van der Waals surface area contributed by atoms with Crippen LogP contribution in [0.1, 0.15) is 34.8 Å². The SMILES string of the molecule is C[C@H](Oc1ccc2c(c1)OCO2)C(=O)c1ccc2c(c1)CCC2. The molecule has 0 amide bonds. The molecule has 2 aromatic rings. The Bertz CT molecular complexity index is 766. The summed E-state index contributed by atoms with van der Waals surface area (Å²) < 4.78 is 16.4. The molecule has 0 saturated carbocycles. The van der Waals surface area contributed by atoms with Crippen LogP contribution in [0.4, 0.5) is 0 Å². The molecule has 2 aliphatic rings. The van der Waals surface area contributed by atoms with Crippen molar-refractivity contribution in [2.24, 2.45) is 0 Å². The van der Waals surface area contributed by atoms with E-state index >= 15 is 0 Å². The summed E-state index contributed by atoms with van der Waals surface area (Å²) in [5, 5.41) is 0. The average molecular weight is 310 g/mol. The molecule has 0 N–H and O–H groups in total. The molecule has 0 bridgehead atoms. The molecule has 0 unspecified atom stereocenters. The van der Waals surface area contributed by atoms with Gasteiger partial charge in [-0.3, -0.25) is 4.79 Å². The van der Waals surface area contributed by atoms with E-state index in [4.69, 9.17) is 14.2 Å². The van der Waals surface area contributed by atoms with Gasteiger partial charge < -0.3 is 14.2 Å². The first-order chi connectivity index (χ1) is 11.2. The largest absolute Gasteiger partial charge is 0.482 e. The molecule has 1 aliphatic carbocycles. The fraction of sp³-hybridized carbons (Fsp3) is 0.316. The number of Topliss-reactive ketones (excluding diaryl/α,β-unsaturated/α-hetero) is 1. The summed E-state index contributed by atoms with van der Waals surface area (Å²) in [5.41, 5.74) is 3.39. The zero-order chi connectivity index (χ0) is 15.8. The number of hydrogen-bond acceptors (Lipinski definition) is 4. The number of carbonyl (C=O) groups is 1. The summed E-state index contributed by atoms with van der Waals surface area (Å²) >= 11 is 0. The van der Waals surface area contributed by atoms with Crippen LogP contribution in [0.25, 0.3) is 0 Å². The minimum Gasteiger partial charge on any atom is -0.482 e. The van der Waals surface area contributed by atoms with E-state index in [0.29, 0.717) is 17.2 Å². The van der Waals surface area contributed by atoms with E-state index in [2.05, 4.69) is 6.07 Å². The first-order valence-corrected chi connectivity index (χ1v) is 7.93. The number of aryl methyl sites for hydroxylation is 2. The maximum atomic E-state index is 12.6. The lowest BCUT2D eigenvalue weighted by molar-refractivity contribution is 0.0817. The van der Waals surface area contributed by atoms with Crippen molar-refractivity contribution in [3.8, 4) is 17.2 Å². The predicted molar refractivity (Wildman–Crippen MR) is 85.5 cm³/mol. The zero-order valence-electron chi connectivity index (χ0n) is 13.0. The van der Waals surface area contributed by atoms with E-state index in [9.17, 15) is 4.79 Å². The molecule has 1 atom stereocenters. The van der Waals surface area contributed by atoms with Crippen LogP contribution < -0.4 is 14.2 Å². The van der Waals surface area contributed by atoms with Crippen LogP contribution >= 0.6 is 0 Å². The average Bonchev–Trinajstić information content (AvgIpc) is 3.21. The normalized spacial score (nSPS) is 16.0. The highest BCUT2D eigenvalue weighted by atomic mass is 16.7. The van der Waals surface area contributed by atoms with E-state index in [1.807, 2.05) is 12.1 Å². The van der Waals surface area contributed by atoms with Crippen LogP contribution in [0.5, 0.6) is 17.2 Å². The molecule has 1 aliphatic heterocycles. The van der Waals surface area contributed by atoms with Crippen molar-refractivity contribution in [2.75, 3.05) is 6.79 Å². The lowest BCUT2D eigenvalue weighted by atomic mass is 10.0. The highest BCUT2D eigenvalue weighted by molar-refractivity contribution is 5.99. The highest BCUT2D eigenvalue weighted by Gasteiger charge is 2.21. The summed E-state index contributed by atoms with van der Waals surface area (Å²) in [4.78, 5) is 12.6. The van der Waals surface area contributed by atoms with Crippen LogP contribution in [-0.2, 0) is 12.8 Å². The van der Waals surface area contributed by atoms with E-state index in [0.717, 1.165) is 18.4 Å². The Morgan fingerprint density at radius 2 is 1.87 bits per heavy atom.